The molecule has 1 heterocycles. The van der Waals surface area contributed by atoms with Crippen LogP contribution in [-0.4, -0.2) is 15.9 Å². The first-order valence-electron chi connectivity index (χ1n) is 3.35. The molecule has 62 valence electrons. The summed E-state index contributed by atoms with van der Waals surface area (Å²) < 4.78 is 4.79. The van der Waals surface area contributed by atoms with Crippen LogP contribution in [0.4, 0.5) is 0 Å². The van der Waals surface area contributed by atoms with Crippen LogP contribution in [0.1, 0.15) is 5.56 Å². The second-order valence-electron chi connectivity index (χ2n) is 2.14. The highest BCUT2D eigenvalue weighted by Gasteiger charge is 2.03. The smallest absolute Gasteiger partial charge is 0.336 e. The lowest BCUT2D eigenvalue weighted by molar-refractivity contribution is -0.129. The van der Waals surface area contributed by atoms with Gasteiger partial charge in [-0.3, -0.25) is 0 Å². The van der Waals surface area contributed by atoms with E-state index in [0.29, 0.717) is 5.56 Å². The molecule has 0 N–H and O–H groups in total. The molecule has 12 heavy (non-hydrogen) atoms. The number of hydrogen-bond donors (Lipinski definition) is 0. The summed E-state index contributed by atoms with van der Waals surface area (Å²) in [5.41, 5.74) is 0.715. The molecule has 4 heteroatoms. The third kappa shape index (κ3) is 1.88. The lowest BCUT2D eigenvalue weighted by Gasteiger charge is -2.00. The van der Waals surface area contributed by atoms with Gasteiger partial charge < -0.3 is 4.74 Å². The first kappa shape index (κ1) is 8.39. The average Bonchev–Trinajstić information content (AvgIpc) is 2.09. The minimum absolute atomic E-state index is 0.273. The summed E-state index contributed by atoms with van der Waals surface area (Å²) in [6, 6.07) is 0. The number of ether oxygens (including phenoxy) is 1. The lowest BCUT2D eigenvalue weighted by atomic mass is 10.4. The predicted octanol–water partition coefficient (Wildman–Crippen LogP) is 0.876. The number of aryl methyl sites for hydroxylation is 1. The van der Waals surface area contributed by atoms with E-state index in [0.717, 1.165) is 6.08 Å². The Morgan fingerprint density at radius 3 is 3.08 bits per heavy atom. The SMILES string of the molecule is C=CC(=O)Oc1ncncc1C. The fourth-order valence-electron chi connectivity index (χ4n) is 0.632. The fourth-order valence-corrected chi connectivity index (χ4v) is 0.632. The van der Waals surface area contributed by atoms with Gasteiger partial charge in [-0.05, 0) is 6.92 Å². The maximum atomic E-state index is 10.7. The summed E-state index contributed by atoms with van der Waals surface area (Å²) >= 11 is 0. The molecule has 0 atom stereocenters. The summed E-state index contributed by atoms with van der Waals surface area (Å²) in [4.78, 5) is 18.2. The third-order valence-corrected chi connectivity index (χ3v) is 1.21. The zero-order valence-electron chi connectivity index (χ0n) is 6.65. The van der Waals surface area contributed by atoms with E-state index in [1.165, 1.54) is 6.33 Å². The largest absolute Gasteiger partial charge is 0.404 e. The van der Waals surface area contributed by atoms with Gasteiger partial charge in [0.1, 0.15) is 6.33 Å². The van der Waals surface area contributed by atoms with Crippen molar-refractivity contribution in [3.05, 3.63) is 30.7 Å². The predicted molar refractivity (Wildman–Crippen MR) is 42.6 cm³/mol. The molecule has 4 nitrogen and oxygen atoms in total. The van der Waals surface area contributed by atoms with Crippen LogP contribution in [0.5, 0.6) is 5.88 Å². The molecule has 0 aliphatic heterocycles. The van der Waals surface area contributed by atoms with Crippen LogP contribution in [0.25, 0.3) is 0 Å². The monoisotopic (exact) mass is 164 g/mol. The van der Waals surface area contributed by atoms with E-state index in [4.69, 9.17) is 4.74 Å². The van der Waals surface area contributed by atoms with Gasteiger partial charge in [0.05, 0.1) is 0 Å². The Kier molecular flexibility index (Phi) is 2.53. The Balaban J connectivity index is 2.82. The second-order valence-corrected chi connectivity index (χ2v) is 2.14. The topological polar surface area (TPSA) is 52.1 Å². The van der Waals surface area contributed by atoms with E-state index in [2.05, 4.69) is 16.5 Å². The molecule has 0 saturated heterocycles. The van der Waals surface area contributed by atoms with E-state index >= 15 is 0 Å². The van der Waals surface area contributed by atoms with Gasteiger partial charge in [-0.25, -0.2) is 14.8 Å². The van der Waals surface area contributed by atoms with Gasteiger partial charge in [0, 0.05) is 17.8 Å². The molecule has 0 aliphatic carbocycles. The summed E-state index contributed by atoms with van der Waals surface area (Å²) in [5.74, 6) is -0.244. The van der Waals surface area contributed by atoms with Crippen LogP contribution >= 0.6 is 0 Å². The molecule has 1 aromatic rings. The molecule has 0 aromatic carbocycles. The molecule has 0 fully saturated rings. The van der Waals surface area contributed by atoms with Crippen molar-refractivity contribution in [2.75, 3.05) is 0 Å². The summed E-state index contributed by atoms with van der Waals surface area (Å²) in [6.45, 7) is 5.02. The number of aromatic nitrogens is 2. The average molecular weight is 164 g/mol. The third-order valence-electron chi connectivity index (χ3n) is 1.21. The van der Waals surface area contributed by atoms with Gasteiger partial charge in [0.2, 0.25) is 5.88 Å². The Bertz CT molecular complexity index is 310. The van der Waals surface area contributed by atoms with Gasteiger partial charge in [0.25, 0.3) is 0 Å². The summed E-state index contributed by atoms with van der Waals surface area (Å²) in [6.07, 6.45) is 3.97. The van der Waals surface area contributed by atoms with Gasteiger partial charge >= 0.3 is 5.97 Å². The van der Waals surface area contributed by atoms with Gasteiger partial charge in [-0.1, -0.05) is 6.58 Å². The van der Waals surface area contributed by atoms with E-state index in [9.17, 15) is 4.79 Å². The number of carbonyl (C=O) groups excluding carboxylic acids is 1. The van der Waals surface area contributed by atoms with Crippen molar-refractivity contribution in [2.24, 2.45) is 0 Å². The molecule has 0 spiro atoms. The highest BCUT2D eigenvalue weighted by atomic mass is 16.5. The number of carbonyl (C=O) groups is 1. The van der Waals surface area contributed by atoms with E-state index in [1.54, 1.807) is 13.1 Å². The van der Waals surface area contributed by atoms with E-state index < -0.39 is 5.97 Å². The van der Waals surface area contributed by atoms with Crippen LogP contribution < -0.4 is 4.74 Å². The van der Waals surface area contributed by atoms with Gasteiger partial charge in [-0.2, -0.15) is 0 Å². The highest BCUT2D eigenvalue weighted by molar-refractivity contribution is 5.83. The molecule has 0 aliphatic rings. The normalized spacial score (nSPS) is 9.08. The number of rotatable bonds is 2. The quantitative estimate of drug-likeness (QED) is 0.481. The molecule has 0 bridgehead atoms. The molecule has 1 rings (SSSR count). The summed E-state index contributed by atoms with van der Waals surface area (Å²) in [7, 11) is 0. The van der Waals surface area contributed by atoms with Crippen molar-refractivity contribution in [3.63, 3.8) is 0 Å². The van der Waals surface area contributed by atoms with Crippen LogP contribution in [0, 0.1) is 6.92 Å². The van der Waals surface area contributed by atoms with Crippen LogP contribution in [0.2, 0.25) is 0 Å². The minimum Gasteiger partial charge on any atom is -0.404 e. The van der Waals surface area contributed by atoms with Crippen molar-refractivity contribution in [1.29, 1.82) is 0 Å². The van der Waals surface area contributed by atoms with Crippen LogP contribution in [-0.2, 0) is 4.79 Å². The van der Waals surface area contributed by atoms with E-state index in [-0.39, 0.29) is 5.88 Å². The number of hydrogen-bond acceptors (Lipinski definition) is 4. The second kappa shape index (κ2) is 3.61. The standard InChI is InChI=1S/C8H8N2O2/c1-3-7(11)12-8-6(2)4-9-5-10-8/h3-5H,1H2,2H3. The summed E-state index contributed by atoms with van der Waals surface area (Å²) in [5, 5.41) is 0. The maximum Gasteiger partial charge on any atom is 0.336 e. The van der Waals surface area contributed by atoms with Crippen molar-refractivity contribution in [3.8, 4) is 5.88 Å². The first-order chi connectivity index (χ1) is 5.74. The number of nitrogens with zero attached hydrogens (tertiary/aromatic N) is 2. The molecular formula is C8H8N2O2. The zero-order chi connectivity index (χ0) is 8.97. The molecule has 0 saturated carbocycles. The van der Waals surface area contributed by atoms with Crippen molar-refractivity contribution in [1.82, 2.24) is 9.97 Å². The fraction of sp³-hybridized carbons (Fsp3) is 0.125. The minimum atomic E-state index is -0.517. The van der Waals surface area contributed by atoms with Crippen LogP contribution in [0.15, 0.2) is 25.2 Å². The van der Waals surface area contributed by atoms with Crippen molar-refractivity contribution in [2.45, 2.75) is 6.92 Å². The van der Waals surface area contributed by atoms with Gasteiger partial charge in [0.15, 0.2) is 0 Å². The molecule has 0 unspecified atom stereocenters. The molecule has 0 radical (unpaired) electrons. The Morgan fingerprint density at radius 2 is 2.50 bits per heavy atom. The molecular weight excluding hydrogens is 156 g/mol. The number of esters is 1. The van der Waals surface area contributed by atoms with Crippen molar-refractivity contribution >= 4 is 5.97 Å². The maximum absolute atomic E-state index is 10.7. The van der Waals surface area contributed by atoms with Crippen molar-refractivity contribution < 1.29 is 9.53 Å². The molecule has 1 aromatic heterocycles. The zero-order valence-corrected chi connectivity index (χ0v) is 6.65. The lowest BCUT2D eigenvalue weighted by Crippen LogP contribution is -2.05. The highest BCUT2D eigenvalue weighted by Crippen LogP contribution is 2.10. The molecule has 0 amide bonds. The van der Waals surface area contributed by atoms with Crippen LogP contribution in [0.3, 0.4) is 0 Å². The first-order valence-corrected chi connectivity index (χ1v) is 3.35. The van der Waals surface area contributed by atoms with E-state index in [1.807, 2.05) is 0 Å². The van der Waals surface area contributed by atoms with Gasteiger partial charge in [-0.15, -0.1) is 0 Å². The Labute approximate surface area is 69.9 Å². The Hall–Kier alpha value is -1.71. The Morgan fingerprint density at radius 1 is 1.75 bits per heavy atom.